The number of hydrogen-bond acceptors (Lipinski definition) is 5. The van der Waals surface area contributed by atoms with Gasteiger partial charge in [0.2, 0.25) is 0 Å². The zero-order valence-electron chi connectivity index (χ0n) is 11.5. The van der Waals surface area contributed by atoms with E-state index in [2.05, 4.69) is 12.1 Å². The van der Waals surface area contributed by atoms with Crippen LogP contribution in [-0.4, -0.2) is 45.9 Å². The van der Waals surface area contributed by atoms with E-state index in [0.29, 0.717) is 33.0 Å². The van der Waals surface area contributed by atoms with Gasteiger partial charge in [0.15, 0.2) is 0 Å². The number of nitrogens with two attached hydrogens (primary N) is 1. The fraction of sp³-hybridized carbons (Fsp3) is 0.571. The van der Waals surface area contributed by atoms with E-state index >= 15 is 0 Å². The molecule has 108 valence electrons. The third-order valence-corrected chi connectivity index (χ3v) is 3.39. The summed E-state index contributed by atoms with van der Waals surface area (Å²) in [6.45, 7) is 3.83. The lowest BCUT2D eigenvalue weighted by Crippen LogP contribution is -2.09. The summed E-state index contributed by atoms with van der Waals surface area (Å²) in [5.41, 5.74) is 6.77. The lowest BCUT2D eigenvalue weighted by Gasteiger charge is -2.06. The van der Waals surface area contributed by atoms with Crippen LogP contribution in [0.1, 0.15) is 5.56 Å². The number of methoxy groups -OCH3 is 1. The lowest BCUT2D eigenvalue weighted by molar-refractivity contribution is 0.0286. The SMILES string of the molecule is COCCOCCOCCSc1cccc(CN)c1. The molecule has 0 aliphatic heterocycles. The number of benzene rings is 1. The Balaban J connectivity index is 1.98. The van der Waals surface area contributed by atoms with Gasteiger partial charge in [-0.2, -0.15) is 0 Å². The van der Waals surface area contributed by atoms with Crippen LogP contribution in [-0.2, 0) is 20.8 Å². The standard InChI is InChI=1S/C14H23NO3S/c1-16-5-6-17-7-8-18-9-10-19-14-4-2-3-13(11-14)12-15/h2-4,11H,5-10,12,15H2,1H3. The molecule has 2 N–H and O–H groups in total. The number of ether oxygens (including phenoxy) is 3. The van der Waals surface area contributed by atoms with Crippen molar-refractivity contribution < 1.29 is 14.2 Å². The summed E-state index contributed by atoms with van der Waals surface area (Å²) in [5.74, 6) is 0.937. The molecule has 0 spiro atoms. The molecule has 19 heavy (non-hydrogen) atoms. The van der Waals surface area contributed by atoms with Gasteiger partial charge in [-0.3, -0.25) is 0 Å². The van der Waals surface area contributed by atoms with Crippen LogP contribution in [0.2, 0.25) is 0 Å². The van der Waals surface area contributed by atoms with Gasteiger partial charge in [0.1, 0.15) is 0 Å². The topological polar surface area (TPSA) is 53.7 Å². The van der Waals surface area contributed by atoms with Crippen molar-refractivity contribution in [2.24, 2.45) is 5.73 Å². The van der Waals surface area contributed by atoms with E-state index in [1.165, 1.54) is 4.90 Å². The maximum absolute atomic E-state index is 5.61. The molecule has 0 amide bonds. The average Bonchev–Trinajstić information content (AvgIpc) is 2.46. The highest BCUT2D eigenvalue weighted by atomic mass is 32.2. The molecule has 0 aromatic heterocycles. The molecule has 1 rings (SSSR count). The second-order valence-electron chi connectivity index (χ2n) is 3.92. The minimum Gasteiger partial charge on any atom is -0.382 e. The Morgan fingerprint density at radius 3 is 2.53 bits per heavy atom. The molecule has 0 bridgehead atoms. The molecule has 0 radical (unpaired) electrons. The molecule has 0 aliphatic carbocycles. The van der Waals surface area contributed by atoms with Crippen LogP contribution >= 0.6 is 11.8 Å². The molecule has 0 aliphatic rings. The summed E-state index contributed by atoms with van der Waals surface area (Å²) in [4.78, 5) is 1.24. The first kappa shape index (κ1) is 16.5. The Bertz CT molecular complexity index is 336. The minimum atomic E-state index is 0.587. The molecule has 0 saturated carbocycles. The van der Waals surface area contributed by atoms with Crippen molar-refractivity contribution >= 4 is 11.8 Å². The first-order chi connectivity index (χ1) is 9.36. The van der Waals surface area contributed by atoms with Crippen molar-refractivity contribution in [2.45, 2.75) is 11.4 Å². The molecule has 0 saturated heterocycles. The van der Waals surface area contributed by atoms with E-state index in [4.69, 9.17) is 19.9 Å². The molecule has 1 aromatic rings. The van der Waals surface area contributed by atoms with Crippen LogP contribution in [0, 0.1) is 0 Å². The van der Waals surface area contributed by atoms with Gasteiger partial charge in [0.25, 0.3) is 0 Å². The summed E-state index contributed by atoms with van der Waals surface area (Å²) < 4.78 is 15.7. The maximum atomic E-state index is 5.61. The quantitative estimate of drug-likeness (QED) is 0.497. The van der Waals surface area contributed by atoms with Gasteiger partial charge in [0.05, 0.1) is 33.0 Å². The zero-order chi connectivity index (χ0) is 13.8. The van der Waals surface area contributed by atoms with Gasteiger partial charge in [-0.05, 0) is 17.7 Å². The average molecular weight is 285 g/mol. The molecule has 1 aromatic carbocycles. The molecule has 0 unspecified atom stereocenters. The summed E-state index contributed by atoms with van der Waals surface area (Å²) in [6, 6.07) is 8.29. The smallest absolute Gasteiger partial charge is 0.0701 e. The van der Waals surface area contributed by atoms with E-state index in [9.17, 15) is 0 Å². The Hall–Kier alpha value is -0.590. The van der Waals surface area contributed by atoms with Gasteiger partial charge >= 0.3 is 0 Å². The van der Waals surface area contributed by atoms with Crippen LogP contribution in [0.25, 0.3) is 0 Å². The molecular formula is C14H23NO3S. The first-order valence-electron chi connectivity index (χ1n) is 6.43. The second kappa shape index (κ2) is 11.3. The molecule has 4 nitrogen and oxygen atoms in total. The van der Waals surface area contributed by atoms with Gasteiger partial charge in [-0.25, -0.2) is 0 Å². The van der Waals surface area contributed by atoms with Crippen molar-refractivity contribution in [2.75, 3.05) is 45.9 Å². The fourth-order valence-corrected chi connectivity index (χ4v) is 2.29. The summed E-state index contributed by atoms with van der Waals surface area (Å²) in [5, 5.41) is 0. The number of thioether (sulfide) groups is 1. The highest BCUT2D eigenvalue weighted by molar-refractivity contribution is 7.99. The normalized spacial score (nSPS) is 10.8. The lowest BCUT2D eigenvalue weighted by atomic mass is 10.2. The van der Waals surface area contributed by atoms with E-state index in [0.717, 1.165) is 17.9 Å². The molecule has 0 fully saturated rings. The Morgan fingerprint density at radius 1 is 1.05 bits per heavy atom. The van der Waals surface area contributed by atoms with E-state index in [1.54, 1.807) is 18.9 Å². The van der Waals surface area contributed by atoms with Crippen molar-refractivity contribution in [3.63, 3.8) is 0 Å². The van der Waals surface area contributed by atoms with Gasteiger partial charge in [-0.15, -0.1) is 11.8 Å². The number of rotatable bonds is 11. The van der Waals surface area contributed by atoms with Crippen molar-refractivity contribution in [1.82, 2.24) is 0 Å². The third kappa shape index (κ3) is 8.23. The maximum Gasteiger partial charge on any atom is 0.0701 e. The molecule has 5 heteroatoms. The third-order valence-electron chi connectivity index (χ3n) is 2.43. The van der Waals surface area contributed by atoms with E-state index in [1.807, 2.05) is 12.1 Å². The summed E-state index contributed by atoms with van der Waals surface area (Å²) in [7, 11) is 1.66. The first-order valence-corrected chi connectivity index (χ1v) is 7.41. The second-order valence-corrected chi connectivity index (χ2v) is 5.09. The minimum absolute atomic E-state index is 0.587. The number of hydrogen-bond donors (Lipinski definition) is 1. The predicted octanol–water partition coefficient (Wildman–Crippen LogP) is 1.92. The highest BCUT2D eigenvalue weighted by Crippen LogP contribution is 2.18. The summed E-state index contributed by atoms with van der Waals surface area (Å²) >= 11 is 1.78. The molecule has 0 heterocycles. The van der Waals surface area contributed by atoms with E-state index in [-0.39, 0.29) is 0 Å². The van der Waals surface area contributed by atoms with Crippen molar-refractivity contribution in [3.8, 4) is 0 Å². The predicted molar refractivity (Wildman–Crippen MR) is 78.6 cm³/mol. The van der Waals surface area contributed by atoms with Crippen LogP contribution in [0.15, 0.2) is 29.2 Å². The Kier molecular flexibility index (Phi) is 9.75. The highest BCUT2D eigenvalue weighted by Gasteiger charge is 1.96. The van der Waals surface area contributed by atoms with E-state index < -0.39 is 0 Å². The van der Waals surface area contributed by atoms with Gasteiger partial charge in [0, 0.05) is 24.3 Å². The molecular weight excluding hydrogens is 262 g/mol. The Morgan fingerprint density at radius 2 is 1.79 bits per heavy atom. The van der Waals surface area contributed by atoms with Crippen LogP contribution in [0.3, 0.4) is 0 Å². The molecule has 0 atom stereocenters. The van der Waals surface area contributed by atoms with Crippen LogP contribution in [0.4, 0.5) is 0 Å². The van der Waals surface area contributed by atoms with Crippen molar-refractivity contribution in [1.29, 1.82) is 0 Å². The van der Waals surface area contributed by atoms with Gasteiger partial charge in [-0.1, -0.05) is 12.1 Å². The van der Waals surface area contributed by atoms with Crippen LogP contribution in [0.5, 0.6) is 0 Å². The fourth-order valence-electron chi connectivity index (χ4n) is 1.44. The van der Waals surface area contributed by atoms with Gasteiger partial charge < -0.3 is 19.9 Å². The van der Waals surface area contributed by atoms with Crippen LogP contribution < -0.4 is 5.73 Å². The summed E-state index contributed by atoms with van der Waals surface area (Å²) in [6.07, 6.45) is 0. The monoisotopic (exact) mass is 285 g/mol. The Labute approximate surface area is 119 Å². The van der Waals surface area contributed by atoms with Crippen molar-refractivity contribution in [3.05, 3.63) is 29.8 Å². The zero-order valence-corrected chi connectivity index (χ0v) is 12.3. The largest absolute Gasteiger partial charge is 0.382 e.